The highest BCUT2D eigenvalue weighted by Crippen LogP contribution is 2.34. The number of aldehydes is 1. The van der Waals surface area contributed by atoms with Crippen LogP contribution in [0.4, 0.5) is 10.1 Å². The third-order valence-electron chi connectivity index (χ3n) is 5.65. The van der Waals surface area contributed by atoms with Crippen molar-refractivity contribution in [3.63, 3.8) is 0 Å². The van der Waals surface area contributed by atoms with Crippen molar-refractivity contribution in [3.05, 3.63) is 94.3 Å². The van der Waals surface area contributed by atoms with E-state index in [1.807, 2.05) is 54.3 Å². The van der Waals surface area contributed by atoms with Gasteiger partial charge in [0, 0.05) is 30.2 Å². The summed E-state index contributed by atoms with van der Waals surface area (Å²) in [5, 5.41) is 0. The van der Waals surface area contributed by atoms with E-state index in [0.29, 0.717) is 29.8 Å². The van der Waals surface area contributed by atoms with E-state index in [1.54, 1.807) is 12.1 Å². The first-order valence-corrected chi connectivity index (χ1v) is 10.4. The quantitative estimate of drug-likeness (QED) is 0.506. The van der Waals surface area contributed by atoms with Crippen LogP contribution in [0.25, 0.3) is 0 Å². The molecule has 4 rings (SSSR count). The molecule has 0 atom stereocenters. The summed E-state index contributed by atoms with van der Waals surface area (Å²) < 4.78 is 20.1. The van der Waals surface area contributed by atoms with Crippen molar-refractivity contribution in [2.45, 2.75) is 32.8 Å². The number of anilines is 1. The van der Waals surface area contributed by atoms with Gasteiger partial charge in [-0.25, -0.2) is 4.39 Å². The van der Waals surface area contributed by atoms with Crippen molar-refractivity contribution in [2.24, 2.45) is 0 Å². The molecule has 1 aliphatic rings. The lowest BCUT2D eigenvalue weighted by atomic mass is 10.1. The number of benzene rings is 3. The number of hydrogen-bond donors (Lipinski definition) is 0. The smallest absolute Gasteiger partial charge is 0.258 e. The minimum absolute atomic E-state index is 0.0186. The summed E-state index contributed by atoms with van der Waals surface area (Å²) in [4.78, 5) is 25.6. The van der Waals surface area contributed by atoms with Crippen molar-refractivity contribution >= 4 is 17.9 Å². The Morgan fingerprint density at radius 1 is 1.10 bits per heavy atom. The topological polar surface area (TPSA) is 46.6 Å². The van der Waals surface area contributed by atoms with Crippen molar-refractivity contribution < 1.29 is 18.7 Å². The van der Waals surface area contributed by atoms with Crippen LogP contribution in [-0.4, -0.2) is 18.7 Å². The second kappa shape index (κ2) is 9.13. The summed E-state index contributed by atoms with van der Waals surface area (Å²) in [5.41, 5.74) is 5.02. The molecular weight excluding hydrogens is 393 g/mol. The monoisotopic (exact) mass is 417 g/mol. The van der Waals surface area contributed by atoms with Crippen LogP contribution >= 0.6 is 0 Å². The maximum atomic E-state index is 14.3. The summed E-state index contributed by atoms with van der Waals surface area (Å²) in [7, 11) is 0. The van der Waals surface area contributed by atoms with Gasteiger partial charge in [0.25, 0.3) is 5.91 Å². The first kappa shape index (κ1) is 20.8. The van der Waals surface area contributed by atoms with Gasteiger partial charge in [0.15, 0.2) is 0 Å². The van der Waals surface area contributed by atoms with E-state index in [4.69, 9.17) is 4.74 Å². The summed E-state index contributed by atoms with van der Waals surface area (Å²) in [6.07, 6.45) is 2.24. The number of carbonyl (C=O) groups is 2. The third kappa shape index (κ3) is 4.36. The summed E-state index contributed by atoms with van der Waals surface area (Å²) >= 11 is 0. The molecule has 158 valence electrons. The van der Waals surface area contributed by atoms with E-state index >= 15 is 0 Å². The molecule has 3 aromatic carbocycles. The molecular formula is C26H24FNO3. The third-order valence-corrected chi connectivity index (χ3v) is 5.65. The minimum atomic E-state index is -0.381. The zero-order chi connectivity index (χ0) is 21.8. The minimum Gasteiger partial charge on any atom is -0.489 e. The molecule has 0 radical (unpaired) electrons. The Kier molecular flexibility index (Phi) is 6.12. The number of hydrogen-bond acceptors (Lipinski definition) is 3. The molecule has 3 aromatic rings. The largest absolute Gasteiger partial charge is 0.489 e. The van der Waals surface area contributed by atoms with E-state index in [2.05, 4.69) is 0 Å². The fourth-order valence-corrected chi connectivity index (χ4v) is 4.01. The van der Waals surface area contributed by atoms with Gasteiger partial charge in [-0.2, -0.15) is 0 Å². The average Bonchev–Trinajstić information content (AvgIpc) is 3.22. The van der Waals surface area contributed by atoms with Crippen LogP contribution < -0.4 is 9.64 Å². The number of para-hydroxylation sites is 1. The lowest BCUT2D eigenvalue weighted by Crippen LogP contribution is -2.30. The van der Waals surface area contributed by atoms with Crippen molar-refractivity contribution in [3.8, 4) is 5.75 Å². The molecule has 1 aliphatic heterocycles. The van der Waals surface area contributed by atoms with Crippen LogP contribution in [0.5, 0.6) is 5.75 Å². The molecule has 31 heavy (non-hydrogen) atoms. The zero-order valence-corrected chi connectivity index (χ0v) is 17.4. The van der Waals surface area contributed by atoms with Crippen LogP contribution in [0.3, 0.4) is 0 Å². The summed E-state index contributed by atoms with van der Waals surface area (Å²) in [6, 6.07) is 18.2. The van der Waals surface area contributed by atoms with Gasteiger partial charge < -0.3 is 14.4 Å². The number of amides is 1. The Morgan fingerprint density at radius 2 is 1.94 bits per heavy atom. The molecule has 5 heteroatoms. The molecule has 0 saturated carbocycles. The second-order valence-corrected chi connectivity index (χ2v) is 7.69. The lowest BCUT2D eigenvalue weighted by Gasteiger charge is -2.21. The number of aryl methyl sites for hydroxylation is 2. The summed E-state index contributed by atoms with van der Waals surface area (Å²) in [6.45, 7) is 2.79. The lowest BCUT2D eigenvalue weighted by molar-refractivity contribution is -0.107. The Balaban J connectivity index is 1.55. The highest BCUT2D eigenvalue weighted by Gasteiger charge is 2.28. The van der Waals surface area contributed by atoms with Gasteiger partial charge in [-0.15, -0.1) is 0 Å². The Labute approximate surface area is 181 Å². The van der Waals surface area contributed by atoms with Gasteiger partial charge >= 0.3 is 0 Å². The van der Waals surface area contributed by atoms with E-state index in [-0.39, 0.29) is 24.8 Å². The molecule has 1 amide bonds. The van der Waals surface area contributed by atoms with Crippen molar-refractivity contribution in [1.82, 2.24) is 0 Å². The molecule has 0 fully saturated rings. The maximum absolute atomic E-state index is 14.3. The van der Waals surface area contributed by atoms with Gasteiger partial charge in [0.1, 0.15) is 24.5 Å². The first-order chi connectivity index (χ1) is 15.1. The normalized spacial score (nSPS) is 12.5. The first-order valence-electron chi connectivity index (χ1n) is 10.4. The number of nitrogens with zero attached hydrogens (tertiary/aromatic N) is 1. The Bertz CT molecular complexity index is 1130. The standard InChI is InChI=1S/C26H24FNO3/c1-18-6-2-3-10-23(18)26(30)28-14-13-20-7-4-8-21(25(20)28)17-31-22-12-11-19(9-5-15-29)24(27)16-22/h2-4,6-8,10-12,15-16H,5,9,13-14,17H2,1H3. The molecule has 4 nitrogen and oxygen atoms in total. The maximum Gasteiger partial charge on any atom is 0.258 e. The number of ether oxygens (including phenoxy) is 1. The van der Waals surface area contributed by atoms with Crippen LogP contribution in [0.15, 0.2) is 60.7 Å². The Morgan fingerprint density at radius 3 is 2.71 bits per heavy atom. The number of fused-ring (bicyclic) bond motifs is 1. The van der Waals surface area contributed by atoms with E-state index in [0.717, 1.165) is 35.1 Å². The van der Waals surface area contributed by atoms with Crippen LogP contribution in [0.1, 0.15) is 39.0 Å². The molecule has 0 aromatic heterocycles. The molecule has 0 unspecified atom stereocenters. The molecule has 1 heterocycles. The van der Waals surface area contributed by atoms with Crippen LogP contribution in [0, 0.1) is 12.7 Å². The van der Waals surface area contributed by atoms with Crippen molar-refractivity contribution in [1.29, 1.82) is 0 Å². The molecule has 0 aliphatic carbocycles. The van der Waals surface area contributed by atoms with Gasteiger partial charge in [-0.3, -0.25) is 4.79 Å². The predicted molar refractivity (Wildman–Crippen MR) is 118 cm³/mol. The molecule has 0 bridgehead atoms. The van der Waals surface area contributed by atoms with E-state index in [1.165, 1.54) is 6.07 Å². The zero-order valence-electron chi connectivity index (χ0n) is 17.4. The second-order valence-electron chi connectivity index (χ2n) is 7.69. The van der Waals surface area contributed by atoms with Gasteiger partial charge in [-0.1, -0.05) is 42.5 Å². The number of rotatable bonds is 7. The molecule has 0 spiro atoms. The van der Waals surface area contributed by atoms with Crippen LogP contribution in [-0.2, 0) is 24.2 Å². The Hall–Kier alpha value is -3.47. The molecule has 0 saturated heterocycles. The SMILES string of the molecule is Cc1ccccc1C(=O)N1CCc2cccc(COc3ccc(CCC=O)c(F)c3)c21. The van der Waals surface area contributed by atoms with E-state index in [9.17, 15) is 14.0 Å². The van der Waals surface area contributed by atoms with E-state index < -0.39 is 0 Å². The fourth-order valence-electron chi connectivity index (χ4n) is 4.01. The number of halogens is 1. The van der Waals surface area contributed by atoms with Crippen LogP contribution in [0.2, 0.25) is 0 Å². The van der Waals surface area contributed by atoms with Gasteiger partial charge in [0.2, 0.25) is 0 Å². The van der Waals surface area contributed by atoms with Gasteiger partial charge in [-0.05, 0) is 48.6 Å². The van der Waals surface area contributed by atoms with Gasteiger partial charge in [0.05, 0.1) is 5.69 Å². The number of carbonyl (C=O) groups excluding carboxylic acids is 2. The van der Waals surface area contributed by atoms with Crippen molar-refractivity contribution in [2.75, 3.05) is 11.4 Å². The average molecular weight is 417 g/mol. The predicted octanol–water partition coefficient (Wildman–Crippen LogP) is 5.05. The molecule has 0 N–H and O–H groups in total. The highest BCUT2D eigenvalue weighted by molar-refractivity contribution is 6.08. The highest BCUT2D eigenvalue weighted by atomic mass is 19.1. The fraction of sp³-hybridized carbons (Fsp3) is 0.231. The summed E-state index contributed by atoms with van der Waals surface area (Å²) in [5.74, 6) is 0.0172.